The van der Waals surface area contributed by atoms with Crippen LogP contribution in [0.25, 0.3) is 5.82 Å². The van der Waals surface area contributed by atoms with Gasteiger partial charge in [-0.15, -0.1) is 5.10 Å². The molecule has 1 unspecified atom stereocenters. The quantitative estimate of drug-likeness (QED) is 0.421. The third-order valence-corrected chi connectivity index (χ3v) is 5.18. The van der Waals surface area contributed by atoms with Gasteiger partial charge in [0.2, 0.25) is 5.88 Å². The van der Waals surface area contributed by atoms with Crippen LogP contribution in [0.2, 0.25) is 5.02 Å². The number of aromatic nitrogens is 5. The van der Waals surface area contributed by atoms with E-state index in [0.29, 0.717) is 17.7 Å². The number of carbonyl (C=O) groups excluding carboxylic acids is 1. The zero-order valence-corrected chi connectivity index (χ0v) is 19.7. The first-order valence-corrected chi connectivity index (χ1v) is 10.5. The van der Waals surface area contributed by atoms with E-state index in [9.17, 15) is 27.9 Å². The lowest BCUT2D eigenvalue weighted by atomic mass is 10.2. The van der Waals surface area contributed by atoms with Gasteiger partial charge in [-0.05, 0) is 19.9 Å². The molecule has 0 saturated carbocycles. The van der Waals surface area contributed by atoms with Crippen LogP contribution in [0.5, 0.6) is 11.6 Å². The van der Waals surface area contributed by atoms with Crippen molar-refractivity contribution in [2.45, 2.75) is 39.3 Å². The third-order valence-electron chi connectivity index (χ3n) is 4.82. The summed E-state index contributed by atoms with van der Waals surface area (Å²) in [6, 6.07) is 1.92. The number of alkyl halides is 3. The molecule has 0 aliphatic rings. The van der Waals surface area contributed by atoms with Gasteiger partial charge in [-0.3, -0.25) is 9.36 Å². The zero-order valence-electron chi connectivity index (χ0n) is 18.9. The fraction of sp³-hybridized carbons (Fsp3) is 0.350. The fourth-order valence-electron chi connectivity index (χ4n) is 2.95. The molecule has 0 aromatic carbocycles. The lowest BCUT2D eigenvalue weighted by Gasteiger charge is -2.19. The van der Waals surface area contributed by atoms with Gasteiger partial charge in [0.05, 0.1) is 7.11 Å². The van der Waals surface area contributed by atoms with Crippen LogP contribution in [0.15, 0.2) is 23.1 Å². The number of nitrogens with zero attached hydrogens (tertiary/aromatic N) is 5. The van der Waals surface area contributed by atoms with Crippen LogP contribution in [0, 0.1) is 5.82 Å². The van der Waals surface area contributed by atoms with Gasteiger partial charge in [0.1, 0.15) is 22.9 Å². The molecule has 0 fully saturated rings. The molecule has 0 spiro atoms. The van der Waals surface area contributed by atoms with Gasteiger partial charge in [-0.1, -0.05) is 11.6 Å². The van der Waals surface area contributed by atoms with E-state index < -0.39 is 53.6 Å². The Bertz CT molecular complexity index is 1340. The number of aliphatic hydroxyl groups excluding tert-OH is 1. The van der Waals surface area contributed by atoms with Crippen molar-refractivity contribution in [1.29, 1.82) is 0 Å². The van der Waals surface area contributed by atoms with Crippen molar-refractivity contribution in [2.75, 3.05) is 12.4 Å². The normalized spacial score (nSPS) is 12.4. The maximum atomic E-state index is 15.1. The van der Waals surface area contributed by atoms with Crippen molar-refractivity contribution in [3.8, 4) is 17.4 Å². The lowest BCUT2D eigenvalue weighted by molar-refractivity contribution is -0.190. The molecule has 3 aromatic rings. The average Bonchev–Trinajstić information content (AvgIpc) is 3.15. The maximum absolute atomic E-state index is 15.1. The second-order valence-corrected chi connectivity index (χ2v) is 7.47. The minimum Gasteiger partial charge on any atom is -0.495 e. The van der Waals surface area contributed by atoms with Gasteiger partial charge in [-0.2, -0.15) is 22.8 Å². The molecule has 3 rings (SSSR count). The Hall–Kier alpha value is -3.72. The predicted octanol–water partition coefficient (Wildman–Crippen LogP) is 2.72. The van der Waals surface area contributed by atoms with Crippen molar-refractivity contribution in [3.05, 3.63) is 51.0 Å². The summed E-state index contributed by atoms with van der Waals surface area (Å²) in [6.07, 6.45) is -6.10. The van der Waals surface area contributed by atoms with Crippen molar-refractivity contribution in [3.63, 3.8) is 0 Å². The number of pyridine rings is 2. The summed E-state index contributed by atoms with van der Waals surface area (Å²) in [4.78, 5) is 33.0. The number of nitrogens with one attached hydrogen (secondary N) is 1. The van der Waals surface area contributed by atoms with Crippen LogP contribution in [-0.2, 0) is 13.2 Å². The monoisotopic (exact) mass is 534 g/mol. The fourth-order valence-corrected chi connectivity index (χ4v) is 3.19. The van der Waals surface area contributed by atoms with Gasteiger partial charge in [0, 0.05) is 18.8 Å². The SMILES string of the molecule is CCn1c(CO)nn(-c2nc(OC(C)C(F)(F)F)c(C(=O)Nc3nccc(OC)c3Cl)cc2F)c1=O. The summed E-state index contributed by atoms with van der Waals surface area (Å²) in [5, 5.41) is 15.3. The van der Waals surface area contributed by atoms with E-state index in [-0.39, 0.29) is 29.0 Å². The molecule has 1 amide bonds. The first kappa shape index (κ1) is 26.9. The van der Waals surface area contributed by atoms with E-state index in [1.807, 2.05) is 0 Å². The molecule has 0 saturated heterocycles. The van der Waals surface area contributed by atoms with Gasteiger partial charge in [-0.25, -0.2) is 14.2 Å². The third kappa shape index (κ3) is 5.26. The highest BCUT2D eigenvalue weighted by Gasteiger charge is 2.39. The summed E-state index contributed by atoms with van der Waals surface area (Å²) in [5.74, 6) is -4.49. The molecule has 0 aliphatic carbocycles. The predicted molar refractivity (Wildman–Crippen MR) is 117 cm³/mol. The van der Waals surface area contributed by atoms with Gasteiger partial charge in [0.25, 0.3) is 5.91 Å². The standard InChI is InChI=1S/C20H19ClF4N6O5/c1-4-30-13(8-32)29-31(19(30)34)16-11(22)7-10(18(28-16)36-9(2)20(23,24)25)17(33)27-15-14(21)12(35-3)5-6-26-15/h5-7,9,32H,4,8H2,1-3H3,(H,26,27,33). The number of hydrogen-bond acceptors (Lipinski definition) is 8. The average molecular weight is 535 g/mol. The second kappa shape index (κ2) is 10.5. The molecule has 0 bridgehead atoms. The summed E-state index contributed by atoms with van der Waals surface area (Å²) in [5.41, 5.74) is -1.68. The van der Waals surface area contributed by atoms with Crippen LogP contribution in [-0.4, -0.2) is 54.7 Å². The highest BCUT2D eigenvalue weighted by atomic mass is 35.5. The molecule has 1 atom stereocenters. The lowest BCUT2D eigenvalue weighted by Crippen LogP contribution is -2.33. The summed E-state index contributed by atoms with van der Waals surface area (Å²) in [6.45, 7) is 1.58. The summed E-state index contributed by atoms with van der Waals surface area (Å²) >= 11 is 6.08. The van der Waals surface area contributed by atoms with E-state index in [1.54, 1.807) is 6.92 Å². The number of carbonyl (C=O) groups is 1. The van der Waals surface area contributed by atoms with Crippen molar-refractivity contribution < 1.29 is 36.9 Å². The first-order chi connectivity index (χ1) is 16.9. The molecular weight excluding hydrogens is 516 g/mol. The number of aliphatic hydroxyl groups is 1. The Kier molecular flexibility index (Phi) is 7.83. The maximum Gasteiger partial charge on any atom is 0.425 e. The van der Waals surface area contributed by atoms with Gasteiger partial charge < -0.3 is 19.9 Å². The van der Waals surface area contributed by atoms with E-state index >= 15 is 4.39 Å². The number of hydrogen-bond donors (Lipinski definition) is 2. The molecule has 36 heavy (non-hydrogen) atoms. The number of amides is 1. The number of ether oxygens (including phenoxy) is 2. The van der Waals surface area contributed by atoms with Gasteiger partial charge in [0.15, 0.2) is 29.4 Å². The molecule has 11 nitrogen and oxygen atoms in total. The number of methoxy groups -OCH3 is 1. The second-order valence-electron chi connectivity index (χ2n) is 7.09. The van der Waals surface area contributed by atoms with E-state index in [4.69, 9.17) is 21.1 Å². The van der Waals surface area contributed by atoms with Crippen LogP contribution in [0.4, 0.5) is 23.4 Å². The van der Waals surface area contributed by atoms with E-state index in [1.165, 1.54) is 19.4 Å². The van der Waals surface area contributed by atoms with E-state index in [0.717, 1.165) is 4.57 Å². The Balaban J connectivity index is 2.14. The Morgan fingerprint density at radius 1 is 1.36 bits per heavy atom. The van der Waals surface area contributed by atoms with Crippen LogP contribution in [0.1, 0.15) is 30.0 Å². The number of anilines is 1. The smallest absolute Gasteiger partial charge is 0.425 e. The molecule has 2 N–H and O–H groups in total. The van der Waals surface area contributed by atoms with Crippen LogP contribution in [0.3, 0.4) is 0 Å². The zero-order chi connectivity index (χ0) is 26.8. The van der Waals surface area contributed by atoms with E-state index in [2.05, 4.69) is 20.4 Å². The van der Waals surface area contributed by atoms with Crippen LogP contribution < -0.4 is 20.5 Å². The minimum absolute atomic E-state index is 0.0552. The van der Waals surface area contributed by atoms with Gasteiger partial charge >= 0.3 is 11.9 Å². The molecular formula is C20H19ClF4N6O5. The molecule has 3 aromatic heterocycles. The number of halogens is 5. The highest BCUT2D eigenvalue weighted by molar-refractivity contribution is 6.35. The molecule has 194 valence electrons. The summed E-state index contributed by atoms with van der Waals surface area (Å²) < 4.78 is 66.0. The Labute approximate surface area is 205 Å². The number of rotatable bonds is 8. The minimum atomic E-state index is -4.87. The Morgan fingerprint density at radius 2 is 2.06 bits per heavy atom. The van der Waals surface area contributed by atoms with Crippen molar-refractivity contribution in [2.24, 2.45) is 0 Å². The first-order valence-electron chi connectivity index (χ1n) is 10.2. The largest absolute Gasteiger partial charge is 0.495 e. The molecule has 0 radical (unpaired) electrons. The molecule has 16 heteroatoms. The summed E-state index contributed by atoms with van der Waals surface area (Å²) in [7, 11) is 1.30. The molecule has 3 heterocycles. The van der Waals surface area contributed by atoms with Crippen molar-refractivity contribution >= 4 is 23.3 Å². The topological polar surface area (TPSA) is 133 Å². The van der Waals surface area contributed by atoms with Crippen LogP contribution >= 0.6 is 11.6 Å². The molecule has 0 aliphatic heterocycles. The van der Waals surface area contributed by atoms with Crippen molar-refractivity contribution in [1.82, 2.24) is 24.3 Å². The highest BCUT2D eigenvalue weighted by Crippen LogP contribution is 2.32. The Morgan fingerprint density at radius 3 is 2.61 bits per heavy atom.